The molecule has 0 saturated heterocycles. The Morgan fingerprint density at radius 3 is 2.50 bits per heavy atom. The quantitative estimate of drug-likeness (QED) is 0.788. The summed E-state index contributed by atoms with van der Waals surface area (Å²) in [6, 6.07) is 4.47. The van der Waals surface area contributed by atoms with Gasteiger partial charge in [0.1, 0.15) is 5.82 Å². The van der Waals surface area contributed by atoms with Crippen molar-refractivity contribution in [2.75, 3.05) is 24.1 Å². The van der Waals surface area contributed by atoms with Crippen molar-refractivity contribution in [3.8, 4) is 0 Å². The fourth-order valence-electron chi connectivity index (χ4n) is 1.93. The van der Waals surface area contributed by atoms with E-state index in [9.17, 15) is 9.18 Å². The third kappa shape index (κ3) is 5.17. The molecule has 0 atom stereocenters. The van der Waals surface area contributed by atoms with Crippen molar-refractivity contribution < 1.29 is 9.18 Å². The van der Waals surface area contributed by atoms with Crippen LogP contribution in [0.5, 0.6) is 0 Å². The van der Waals surface area contributed by atoms with E-state index in [4.69, 9.17) is 5.73 Å². The van der Waals surface area contributed by atoms with Gasteiger partial charge in [0.15, 0.2) is 0 Å². The van der Waals surface area contributed by atoms with Gasteiger partial charge in [-0.05, 0) is 38.0 Å². The van der Waals surface area contributed by atoms with Crippen molar-refractivity contribution in [3.63, 3.8) is 0 Å². The van der Waals surface area contributed by atoms with Crippen molar-refractivity contribution in [3.05, 3.63) is 24.0 Å². The van der Waals surface area contributed by atoms with Gasteiger partial charge in [0, 0.05) is 18.3 Å². The fourth-order valence-corrected chi connectivity index (χ4v) is 1.93. The van der Waals surface area contributed by atoms with Crippen LogP contribution in [0.2, 0.25) is 0 Å². The van der Waals surface area contributed by atoms with E-state index in [0.29, 0.717) is 24.2 Å². The minimum Gasteiger partial charge on any atom is -0.396 e. The second-order valence-electron chi connectivity index (χ2n) is 5.70. The van der Waals surface area contributed by atoms with Gasteiger partial charge in [0.2, 0.25) is 5.91 Å². The molecule has 0 radical (unpaired) electrons. The van der Waals surface area contributed by atoms with E-state index >= 15 is 0 Å². The van der Waals surface area contributed by atoms with Crippen molar-refractivity contribution in [1.29, 1.82) is 0 Å². The number of nitrogens with zero attached hydrogens (tertiary/aromatic N) is 1. The van der Waals surface area contributed by atoms with E-state index < -0.39 is 5.82 Å². The molecular weight excluding hydrogens is 257 g/mol. The molecule has 0 spiro atoms. The number of nitrogen functional groups attached to an aromatic ring is 1. The summed E-state index contributed by atoms with van der Waals surface area (Å²) in [6.07, 6.45) is 0. The number of halogens is 1. The number of hydrogen-bond acceptors (Lipinski definition) is 3. The summed E-state index contributed by atoms with van der Waals surface area (Å²) in [5, 5.41) is 2.74. The highest BCUT2D eigenvalue weighted by molar-refractivity contribution is 5.92. The Morgan fingerprint density at radius 1 is 1.35 bits per heavy atom. The molecule has 0 aliphatic rings. The maximum atomic E-state index is 13.0. The molecule has 1 aromatic carbocycles. The van der Waals surface area contributed by atoms with Crippen LogP contribution in [0.25, 0.3) is 0 Å². The third-order valence-electron chi connectivity index (χ3n) is 2.96. The molecule has 0 aliphatic heterocycles. The number of carbonyl (C=O) groups is 1. The molecule has 1 rings (SSSR count). The molecule has 4 nitrogen and oxygen atoms in total. The largest absolute Gasteiger partial charge is 0.396 e. The second kappa shape index (κ2) is 7.24. The van der Waals surface area contributed by atoms with Gasteiger partial charge in [-0.15, -0.1) is 0 Å². The molecule has 0 unspecified atom stereocenters. The predicted octanol–water partition coefficient (Wildman–Crippen LogP) is 2.71. The van der Waals surface area contributed by atoms with E-state index in [2.05, 4.69) is 37.9 Å². The topological polar surface area (TPSA) is 58.4 Å². The van der Waals surface area contributed by atoms with Gasteiger partial charge in [0.25, 0.3) is 0 Å². The predicted molar refractivity (Wildman–Crippen MR) is 81.0 cm³/mol. The Balaban J connectivity index is 2.63. The van der Waals surface area contributed by atoms with Gasteiger partial charge in [0.05, 0.1) is 12.2 Å². The molecule has 5 heteroatoms. The van der Waals surface area contributed by atoms with E-state index in [1.165, 1.54) is 18.2 Å². The molecule has 0 heterocycles. The Kier molecular flexibility index (Phi) is 5.95. The Labute approximate surface area is 120 Å². The Hall–Kier alpha value is -1.62. The normalized spacial score (nSPS) is 11.4. The van der Waals surface area contributed by atoms with Gasteiger partial charge in [-0.1, -0.05) is 13.8 Å². The fraction of sp³-hybridized carbons (Fsp3) is 0.533. The molecule has 0 bridgehead atoms. The van der Waals surface area contributed by atoms with Crippen LogP contribution in [-0.4, -0.2) is 29.9 Å². The summed E-state index contributed by atoms with van der Waals surface area (Å²) in [7, 11) is 0. The zero-order valence-corrected chi connectivity index (χ0v) is 12.6. The highest BCUT2D eigenvalue weighted by atomic mass is 19.1. The number of nitrogens with two attached hydrogens (primary N) is 1. The van der Waals surface area contributed by atoms with Gasteiger partial charge >= 0.3 is 0 Å². The first-order chi connectivity index (χ1) is 9.29. The smallest absolute Gasteiger partial charge is 0.238 e. The van der Waals surface area contributed by atoms with E-state index in [1.807, 2.05) is 0 Å². The molecule has 1 aromatic rings. The van der Waals surface area contributed by atoms with Crippen LogP contribution >= 0.6 is 0 Å². The Bertz CT molecular complexity index is 460. The number of benzene rings is 1. The first-order valence-electron chi connectivity index (χ1n) is 6.88. The highest BCUT2D eigenvalue weighted by Gasteiger charge is 2.15. The van der Waals surface area contributed by atoms with E-state index in [1.54, 1.807) is 0 Å². The molecule has 20 heavy (non-hydrogen) atoms. The Morgan fingerprint density at radius 2 is 2.00 bits per heavy atom. The van der Waals surface area contributed by atoms with Crippen LogP contribution in [0.15, 0.2) is 18.2 Å². The summed E-state index contributed by atoms with van der Waals surface area (Å²) in [5.74, 6) is -0.108. The monoisotopic (exact) mass is 281 g/mol. The van der Waals surface area contributed by atoms with Gasteiger partial charge in [-0.3, -0.25) is 9.69 Å². The number of amides is 1. The molecule has 0 aliphatic carbocycles. The minimum atomic E-state index is -0.480. The van der Waals surface area contributed by atoms with Crippen LogP contribution < -0.4 is 11.1 Å². The summed E-state index contributed by atoms with van der Waals surface area (Å²) in [5.41, 5.74) is 6.02. The SMILES string of the molecule is CC(C)CN(CC(=O)Nc1ccc(F)c(N)c1)C(C)C. The van der Waals surface area contributed by atoms with E-state index in [-0.39, 0.29) is 11.6 Å². The van der Waals surface area contributed by atoms with Crippen molar-refractivity contribution >= 4 is 17.3 Å². The zero-order valence-electron chi connectivity index (χ0n) is 12.6. The average molecular weight is 281 g/mol. The zero-order chi connectivity index (χ0) is 15.3. The van der Waals surface area contributed by atoms with Crippen LogP contribution in [0, 0.1) is 11.7 Å². The molecular formula is C15H24FN3O. The lowest BCUT2D eigenvalue weighted by molar-refractivity contribution is -0.117. The molecule has 112 valence electrons. The van der Waals surface area contributed by atoms with Crippen molar-refractivity contribution in [1.82, 2.24) is 4.90 Å². The third-order valence-corrected chi connectivity index (χ3v) is 2.96. The molecule has 1 amide bonds. The second-order valence-corrected chi connectivity index (χ2v) is 5.70. The molecule has 0 aromatic heterocycles. The number of hydrogen-bond donors (Lipinski definition) is 2. The summed E-state index contributed by atoms with van der Waals surface area (Å²) in [4.78, 5) is 14.1. The lowest BCUT2D eigenvalue weighted by Crippen LogP contribution is -2.40. The van der Waals surface area contributed by atoms with Crippen LogP contribution in [0.1, 0.15) is 27.7 Å². The molecule has 0 saturated carbocycles. The van der Waals surface area contributed by atoms with Gasteiger partial charge in [-0.25, -0.2) is 4.39 Å². The van der Waals surface area contributed by atoms with Crippen molar-refractivity contribution in [2.24, 2.45) is 5.92 Å². The number of rotatable bonds is 6. The number of carbonyl (C=O) groups excluding carboxylic acids is 1. The summed E-state index contributed by atoms with van der Waals surface area (Å²) < 4.78 is 13.0. The van der Waals surface area contributed by atoms with Crippen LogP contribution in [-0.2, 0) is 4.79 Å². The minimum absolute atomic E-state index is 0.0331. The summed E-state index contributed by atoms with van der Waals surface area (Å²) >= 11 is 0. The lowest BCUT2D eigenvalue weighted by atomic mass is 10.2. The maximum absolute atomic E-state index is 13.0. The number of nitrogens with one attached hydrogen (secondary N) is 1. The van der Waals surface area contributed by atoms with Crippen LogP contribution in [0.4, 0.5) is 15.8 Å². The van der Waals surface area contributed by atoms with E-state index in [0.717, 1.165) is 6.54 Å². The maximum Gasteiger partial charge on any atom is 0.238 e. The van der Waals surface area contributed by atoms with Crippen molar-refractivity contribution in [2.45, 2.75) is 33.7 Å². The first kappa shape index (κ1) is 16.4. The first-order valence-corrected chi connectivity index (χ1v) is 6.88. The average Bonchev–Trinajstić information content (AvgIpc) is 2.32. The van der Waals surface area contributed by atoms with Gasteiger partial charge < -0.3 is 11.1 Å². The number of anilines is 2. The molecule has 0 fully saturated rings. The van der Waals surface area contributed by atoms with Crippen LogP contribution in [0.3, 0.4) is 0 Å². The standard InChI is InChI=1S/C15H24FN3O/c1-10(2)8-19(11(3)4)9-15(20)18-12-5-6-13(16)14(17)7-12/h5-7,10-11H,8-9,17H2,1-4H3,(H,18,20). The highest BCUT2D eigenvalue weighted by Crippen LogP contribution is 2.16. The molecule has 3 N–H and O–H groups in total. The lowest BCUT2D eigenvalue weighted by Gasteiger charge is -2.27. The summed E-state index contributed by atoms with van der Waals surface area (Å²) in [6.45, 7) is 9.53. The van der Waals surface area contributed by atoms with Gasteiger partial charge in [-0.2, -0.15) is 0 Å².